The van der Waals surface area contributed by atoms with Crippen LogP contribution in [0.1, 0.15) is 46.5 Å². The first-order valence-electron chi connectivity index (χ1n) is 7.33. The summed E-state index contributed by atoms with van der Waals surface area (Å²) in [5.41, 5.74) is 4.68. The molecule has 0 aromatic rings. The van der Waals surface area contributed by atoms with Crippen molar-refractivity contribution in [3.05, 3.63) is 12.2 Å². The van der Waals surface area contributed by atoms with E-state index in [1.807, 2.05) is 0 Å². The number of hydrogen-bond donors (Lipinski definition) is 1. The van der Waals surface area contributed by atoms with Crippen LogP contribution in [0.4, 0.5) is 4.79 Å². The predicted octanol–water partition coefficient (Wildman–Crippen LogP) is 1.88. The Bertz CT molecular complexity index is 431. The predicted molar refractivity (Wildman–Crippen MR) is 78.0 cm³/mol. The number of carbonyl (C=O) groups is 3. The fourth-order valence-corrected chi connectivity index (χ4v) is 2.18. The van der Waals surface area contributed by atoms with Gasteiger partial charge in [-0.15, -0.1) is 0 Å². The van der Waals surface area contributed by atoms with Crippen LogP contribution in [-0.4, -0.2) is 41.1 Å². The van der Waals surface area contributed by atoms with Gasteiger partial charge in [0.2, 0.25) is 0 Å². The highest BCUT2D eigenvalue weighted by molar-refractivity contribution is 6.10. The summed E-state index contributed by atoms with van der Waals surface area (Å²) in [6.07, 6.45) is 4.76. The molecule has 0 spiro atoms. The van der Waals surface area contributed by atoms with Gasteiger partial charge in [0.1, 0.15) is 12.1 Å². The minimum absolute atomic E-state index is 0.143. The lowest BCUT2D eigenvalue weighted by Gasteiger charge is -2.28. The first-order valence-corrected chi connectivity index (χ1v) is 7.33. The summed E-state index contributed by atoms with van der Waals surface area (Å²) in [6.45, 7) is 5.89. The smallest absolute Gasteiger partial charge is 0.414 e. The topological polar surface area (TPSA) is 86.5 Å². The molecule has 2 N–H and O–H groups in total. The number of carbonyl (C=O) groups excluding carboxylic acids is 3. The van der Waals surface area contributed by atoms with Crippen LogP contribution in [0.25, 0.3) is 0 Å². The van der Waals surface area contributed by atoms with Gasteiger partial charge in [0.25, 0.3) is 0 Å². The van der Waals surface area contributed by atoms with E-state index in [0.717, 1.165) is 31.4 Å². The molecule has 0 atom stereocenters. The second kappa shape index (κ2) is 6.95. The van der Waals surface area contributed by atoms with Crippen LogP contribution in [0.3, 0.4) is 0 Å². The molecule has 0 bridgehead atoms. The second-order valence-corrected chi connectivity index (χ2v) is 6.23. The van der Waals surface area contributed by atoms with Gasteiger partial charge in [0.15, 0.2) is 0 Å². The fourth-order valence-electron chi connectivity index (χ4n) is 2.18. The van der Waals surface area contributed by atoms with E-state index in [1.165, 1.54) is 0 Å². The van der Waals surface area contributed by atoms with E-state index < -0.39 is 28.0 Å². The average molecular weight is 297 g/mol. The van der Waals surface area contributed by atoms with Gasteiger partial charge < -0.3 is 10.5 Å². The molecule has 3 amide bonds. The van der Waals surface area contributed by atoms with E-state index in [-0.39, 0.29) is 6.54 Å². The molecule has 1 rings (SSSR count). The van der Waals surface area contributed by atoms with Gasteiger partial charge in [-0.2, -0.15) is 4.79 Å². The van der Waals surface area contributed by atoms with E-state index in [4.69, 9.17) is 10.5 Å². The molecule has 0 radical (unpaired) electrons. The Hall–Kier alpha value is -1.53. The van der Waals surface area contributed by atoms with E-state index in [1.54, 1.807) is 20.8 Å². The third-order valence-electron chi connectivity index (χ3n) is 3.27. The zero-order valence-corrected chi connectivity index (χ0v) is 13.1. The monoisotopic (exact) mass is 297 g/mol. The van der Waals surface area contributed by atoms with Crippen LogP contribution in [0.2, 0.25) is 0 Å². The summed E-state index contributed by atoms with van der Waals surface area (Å²) in [5.74, 6) is -1.04. The Labute approximate surface area is 125 Å². The zero-order valence-electron chi connectivity index (χ0n) is 13.1. The first-order chi connectivity index (χ1) is 9.74. The summed E-state index contributed by atoms with van der Waals surface area (Å²) in [6, 6.07) is 0. The fraction of sp³-hybridized carbons (Fsp3) is 0.667. The maximum Gasteiger partial charge on any atom is 0.532 e. The standard InChI is InChI=1S/C15H25N2O4/c1-15(2,3)21-14(20)17(11-7-5-4-6-10-16)12(18)8-9-13(17)19/h8-9H,4-7,10-11,16H2,1-3H3/q+1. The van der Waals surface area contributed by atoms with Crippen molar-refractivity contribution in [3.8, 4) is 0 Å². The van der Waals surface area contributed by atoms with Crippen molar-refractivity contribution >= 4 is 17.9 Å². The van der Waals surface area contributed by atoms with Crippen molar-refractivity contribution in [2.24, 2.45) is 5.73 Å². The zero-order chi connectivity index (χ0) is 16.1. The first kappa shape index (κ1) is 17.5. The Morgan fingerprint density at radius 2 is 1.62 bits per heavy atom. The number of imide groups is 3. The third kappa shape index (κ3) is 4.22. The molecule has 0 saturated heterocycles. The number of amides is 3. The van der Waals surface area contributed by atoms with Crippen molar-refractivity contribution in [1.29, 1.82) is 0 Å². The minimum Gasteiger partial charge on any atom is -0.414 e. The summed E-state index contributed by atoms with van der Waals surface area (Å²) >= 11 is 0. The van der Waals surface area contributed by atoms with Crippen LogP contribution < -0.4 is 5.73 Å². The molecule has 118 valence electrons. The lowest BCUT2D eigenvalue weighted by Crippen LogP contribution is -2.59. The minimum atomic E-state index is -0.875. The number of nitrogens with two attached hydrogens (primary N) is 1. The molecule has 0 aromatic carbocycles. The lowest BCUT2D eigenvalue weighted by atomic mass is 10.1. The van der Waals surface area contributed by atoms with Crippen LogP contribution >= 0.6 is 0 Å². The highest BCUT2D eigenvalue weighted by atomic mass is 16.6. The third-order valence-corrected chi connectivity index (χ3v) is 3.27. The number of hydrogen-bond acceptors (Lipinski definition) is 5. The normalized spacial score (nSPS) is 17.3. The largest absolute Gasteiger partial charge is 0.532 e. The number of nitrogens with zero attached hydrogens (tertiary/aromatic N) is 1. The Morgan fingerprint density at radius 1 is 1.10 bits per heavy atom. The molecule has 0 unspecified atom stereocenters. The van der Waals surface area contributed by atoms with Crippen molar-refractivity contribution in [3.63, 3.8) is 0 Å². The molecule has 0 aliphatic carbocycles. The summed E-state index contributed by atoms with van der Waals surface area (Å²) in [4.78, 5) is 36.6. The second-order valence-electron chi connectivity index (χ2n) is 6.23. The van der Waals surface area contributed by atoms with Crippen molar-refractivity contribution < 1.29 is 23.6 Å². The van der Waals surface area contributed by atoms with Gasteiger partial charge in [0.05, 0.1) is 12.2 Å². The Morgan fingerprint density at radius 3 is 2.10 bits per heavy atom. The maximum absolute atomic E-state index is 12.4. The number of ether oxygens (including phenoxy) is 1. The van der Waals surface area contributed by atoms with Gasteiger partial charge in [0, 0.05) is 0 Å². The average Bonchev–Trinajstić information content (AvgIpc) is 2.65. The molecule has 6 heteroatoms. The van der Waals surface area contributed by atoms with Crippen molar-refractivity contribution in [2.75, 3.05) is 13.1 Å². The number of rotatable bonds is 6. The Balaban J connectivity index is 2.80. The maximum atomic E-state index is 12.4. The molecular formula is C15H25N2O4+. The van der Waals surface area contributed by atoms with Crippen LogP contribution in [-0.2, 0) is 14.3 Å². The molecule has 21 heavy (non-hydrogen) atoms. The molecule has 0 aromatic heterocycles. The number of quaternary nitrogens is 1. The SMILES string of the molecule is CC(C)(C)OC(=O)[N+]1(CCCCCCN)C(=O)C=CC1=O. The lowest BCUT2D eigenvalue weighted by molar-refractivity contribution is -0.699. The number of unbranched alkanes of at least 4 members (excludes halogenated alkanes) is 3. The highest BCUT2D eigenvalue weighted by Gasteiger charge is 2.55. The van der Waals surface area contributed by atoms with Gasteiger partial charge >= 0.3 is 17.9 Å². The summed E-state index contributed by atoms with van der Waals surface area (Å²) in [5, 5.41) is 0. The van der Waals surface area contributed by atoms with E-state index >= 15 is 0 Å². The van der Waals surface area contributed by atoms with Gasteiger partial charge in [-0.1, -0.05) is 10.9 Å². The molecular weight excluding hydrogens is 272 g/mol. The Kier molecular flexibility index (Phi) is 5.80. The van der Waals surface area contributed by atoms with Crippen LogP contribution in [0.15, 0.2) is 12.2 Å². The molecule has 6 nitrogen and oxygen atoms in total. The molecule has 0 fully saturated rings. The van der Waals surface area contributed by atoms with E-state index in [0.29, 0.717) is 13.0 Å². The van der Waals surface area contributed by atoms with E-state index in [9.17, 15) is 14.4 Å². The summed E-state index contributed by atoms with van der Waals surface area (Å²) < 4.78 is 4.40. The van der Waals surface area contributed by atoms with Gasteiger partial charge in [-0.05, 0) is 46.6 Å². The van der Waals surface area contributed by atoms with Crippen LogP contribution in [0.5, 0.6) is 0 Å². The van der Waals surface area contributed by atoms with Crippen molar-refractivity contribution in [2.45, 2.75) is 52.1 Å². The molecule has 1 aliphatic rings. The van der Waals surface area contributed by atoms with Crippen LogP contribution in [0, 0.1) is 0 Å². The van der Waals surface area contributed by atoms with E-state index in [2.05, 4.69) is 0 Å². The van der Waals surface area contributed by atoms with Gasteiger partial charge in [-0.3, -0.25) is 0 Å². The summed E-state index contributed by atoms with van der Waals surface area (Å²) in [7, 11) is 0. The quantitative estimate of drug-likeness (QED) is 0.459. The molecule has 1 heterocycles. The molecule has 1 aliphatic heterocycles. The van der Waals surface area contributed by atoms with Gasteiger partial charge in [-0.25, -0.2) is 9.59 Å². The molecule has 0 saturated carbocycles. The highest BCUT2D eigenvalue weighted by Crippen LogP contribution is 2.24. The van der Waals surface area contributed by atoms with Crippen molar-refractivity contribution in [1.82, 2.24) is 0 Å².